The van der Waals surface area contributed by atoms with E-state index in [9.17, 15) is 9.18 Å². The van der Waals surface area contributed by atoms with Crippen molar-refractivity contribution in [3.8, 4) is 16.9 Å². The van der Waals surface area contributed by atoms with Gasteiger partial charge in [0, 0.05) is 37.5 Å². The SMILES string of the molecule is O=C(CCc1cccnc1)Cc1ccc(OCc2ccccc2-c2ccnc(F)c2)cc1. The predicted octanol–water partition coefficient (Wildman–Crippen LogP) is 5.61. The summed E-state index contributed by atoms with van der Waals surface area (Å²) < 4.78 is 19.5. The van der Waals surface area contributed by atoms with Crippen molar-refractivity contribution in [2.45, 2.75) is 25.9 Å². The lowest BCUT2D eigenvalue weighted by molar-refractivity contribution is -0.118. The number of halogens is 1. The fraction of sp³-hybridized carbons (Fsp3) is 0.148. The molecule has 0 unspecified atom stereocenters. The molecule has 0 aliphatic carbocycles. The zero-order chi connectivity index (χ0) is 22.2. The summed E-state index contributed by atoms with van der Waals surface area (Å²) in [7, 11) is 0. The average Bonchev–Trinajstić information content (AvgIpc) is 2.83. The van der Waals surface area contributed by atoms with E-state index in [-0.39, 0.29) is 5.78 Å². The number of carbonyl (C=O) groups is 1. The van der Waals surface area contributed by atoms with Crippen molar-refractivity contribution in [2.75, 3.05) is 0 Å². The Hall–Kier alpha value is -3.86. The third kappa shape index (κ3) is 5.85. The number of hydrogen-bond donors (Lipinski definition) is 0. The molecule has 5 heteroatoms. The Morgan fingerprint density at radius 1 is 0.906 bits per heavy atom. The first-order valence-corrected chi connectivity index (χ1v) is 10.5. The van der Waals surface area contributed by atoms with Crippen LogP contribution in [0.15, 0.2) is 91.4 Å². The van der Waals surface area contributed by atoms with Crippen molar-refractivity contribution in [1.29, 1.82) is 0 Å². The molecule has 4 aromatic rings. The van der Waals surface area contributed by atoms with Gasteiger partial charge in [-0.05, 0) is 58.5 Å². The summed E-state index contributed by atoms with van der Waals surface area (Å²) in [5, 5.41) is 0. The van der Waals surface area contributed by atoms with Gasteiger partial charge in [-0.15, -0.1) is 0 Å². The zero-order valence-electron chi connectivity index (χ0n) is 17.6. The number of ether oxygens (including phenoxy) is 1. The van der Waals surface area contributed by atoms with Crippen molar-refractivity contribution < 1.29 is 13.9 Å². The Bertz CT molecular complexity index is 1180. The van der Waals surface area contributed by atoms with Crippen LogP contribution in [0.2, 0.25) is 0 Å². The van der Waals surface area contributed by atoms with Crippen molar-refractivity contribution in [2.24, 2.45) is 0 Å². The third-order valence-electron chi connectivity index (χ3n) is 5.19. The van der Waals surface area contributed by atoms with E-state index in [1.165, 1.54) is 12.3 Å². The van der Waals surface area contributed by atoms with Crippen molar-refractivity contribution in [1.82, 2.24) is 9.97 Å². The van der Waals surface area contributed by atoms with Crippen LogP contribution in [0, 0.1) is 5.95 Å². The molecule has 0 fully saturated rings. The second-order valence-electron chi connectivity index (χ2n) is 7.53. The smallest absolute Gasteiger partial charge is 0.213 e. The molecule has 4 nitrogen and oxygen atoms in total. The molecule has 0 amide bonds. The molecular formula is C27H23FN2O2. The number of aromatic nitrogens is 2. The first-order valence-electron chi connectivity index (χ1n) is 10.5. The predicted molar refractivity (Wildman–Crippen MR) is 122 cm³/mol. The fourth-order valence-electron chi connectivity index (χ4n) is 3.51. The van der Waals surface area contributed by atoms with Crippen LogP contribution in [0.4, 0.5) is 4.39 Å². The van der Waals surface area contributed by atoms with E-state index in [0.717, 1.165) is 27.8 Å². The van der Waals surface area contributed by atoms with Gasteiger partial charge in [0.15, 0.2) is 0 Å². The number of Topliss-reactive ketones (excluding diaryl/α,β-unsaturated/α-hetero) is 1. The molecule has 0 bridgehead atoms. The molecule has 0 saturated carbocycles. The molecule has 0 aliphatic rings. The highest BCUT2D eigenvalue weighted by Gasteiger charge is 2.08. The highest BCUT2D eigenvalue weighted by molar-refractivity contribution is 5.81. The summed E-state index contributed by atoms with van der Waals surface area (Å²) in [5.41, 5.74) is 4.65. The zero-order valence-corrected chi connectivity index (χ0v) is 17.6. The van der Waals surface area contributed by atoms with Crippen LogP contribution in [0.5, 0.6) is 5.75 Å². The van der Waals surface area contributed by atoms with Crippen LogP contribution in [-0.4, -0.2) is 15.8 Å². The molecule has 0 saturated heterocycles. The van der Waals surface area contributed by atoms with Crippen LogP contribution in [-0.2, 0) is 24.2 Å². The molecule has 0 radical (unpaired) electrons. The van der Waals surface area contributed by atoms with Gasteiger partial charge in [-0.25, -0.2) is 4.98 Å². The van der Waals surface area contributed by atoms with Gasteiger partial charge < -0.3 is 4.74 Å². The molecule has 0 atom stereocenters. The van der Waals surface area contributed by atoms with E-state index in [2.05, 4.69) is 9.97 Å². The quantitative estimate of drug-likeness (QED) is 0.327. The molecule has 4 rings (SSSR count). The van der Waals surface area contributed by atoms with E-state index in [1.54, 1.807) is 18.5 Å². The third-order valence-corrected chi connectivity index (χ3v) is 5.19. The molecule has 0 N–H and O–H groups in total. The molecule has 2 heterocycles. The van der Waals surface area contributed by atoms with E-state index >= 15 is 0 Å². The van der Waals surface area contributed by atoms with Gasteiger partial charge in [-0.1, -0.05) is 42.5 Å². The molecule has 32 heavy (non-hydrogen) atoms. The second kappa shape index (κ2) is 10.4. The van der Waals surface area contributed by atoms with Crippen LogP contribution in [0.3, 0.4) is 0 Å². The maximum Gasteiger partial charge on any atom is 0.213 e. The average molecular weight is 426 g/mol. The number of aryl methyl sites for hydroxylation is 1. The highest BCUT2D eigenvalue weighted by atomic mass is 19.1. The van der Waals surface area contributed by atoms with Crippen LogP contribution < -0.4 is 4.74 Å². The van der Waals surface area contributed by atoms with Gasteiger partial charge >= 0.3 is 0 Å². The number of ketones is 1. The van der Waals surface area contributed by atoms with E-state index in [1.807, 2.05) is 60.7 Å². The summed E-state index contributed by atoms with van der Waals surface area (Å²) in [6, 6.07) is 22.4. The second-order valence-corrected chi connectivity index (χ2v) is 7.53. The molecule has 0 spiro atoms. The molecular weight excluding hydrogens is 403 g/mol. The molecule has 2 aromatic heterocycles. The topological polar surface area (TPSA) is 52.1 Å². The van der Waals surface area contributed by atoms with Crippen molar-refractivity contribution in [3.63, 3.8) is 0 Å². The largest absolute Gasteiger partial charge is 0.489 e. The normalized spacial score (nSPS) is 10.7. The monoisotopic (exact) mass is 426 g/mol. The summed E-state index contributed by atoms with van der Waals surface area (Å²) in [4.78, 5) is 20.0. The van der Waals surface area contributed by atoms with Gasteiger partial charge in [0.25, 0.3) is 0 Å². The Kier molecular flexibility index (Phi) is 6.98. The molecule has 0 aliphatic heterocycles. The van der Waals surface area contributed by atoms with Crippen LogP contribution in [0.25, 0.3) is 11.1 Å². The van der Waals surface area contributed by atoms with Gasteiger partial charge in [-0.2, -0.15) is 4.39 Å². The maximum atomic E-state index is 13.5. The summed E-state index contributed by atoms with van der Waals surface area (Å²) >= 11 is 0. The Morgan fingerprint density at radius 3 is 2.53 bits per heavy atom. The first kappa shape index (κ1) is 21.4. The van der Waals surface area contributed by atoms with Gasteiger partial charge in [-0.3, -0.25) is 9.78 Å². The number of benzene rings is 2. The van der Waals surface area contributed by atoms with Gasteiger partial charge in [0.2, 0.25) is 5.95 Å². The Balaban J connectivity index is 1.33. The minimum Gasteiger partial charge on any atom is -0.489 e. The summed E-state index contributed by atoms with van der Waals surface area (Å²) in [5.74, 6) is 0.400. The van der Waals surface area contributed by atoms with Crippen LogP contribution >= 0.6 is 0 Å². The van der Waals surface area contributed by atoms with Crippen LogP contribution in [0.1, 0.15) is 23.1 Å². The van der Waals surface area contributed by atoms with Gasteiger partial charge in [0.05, 0.1) is 0 Å². The number of pyridine rings is 2. The van der Waals surface area contributed by atoms with Crippen molar-refractivity contribution >= 4 is 5.78 Å². The minimum absolute atomic E-state index is 0.195. The number of nitrogens with zero attached hydrogens (tertiary/aromatic N) is 2. The lowest BCUT2D eigenvalue weighted by atomic mass is 10.0. The van der Waals surface area contributed by atoms with E-state index in [0.29, 0.717) is 31.6 Å². The summed E-state index contributed by atoms with van der Waals surface area (Å²) in [6.07, 6.45) is 6.58. The highest BCUT2D eigenvalue weighted by Crippen LogP contribution is 2.25. The van der Waals surface area contributed by atoms with E-state index in [4.69, 9.17) is 4.74 Å². The number of carbonyl (C=O) groups excluding carboxylic acids is 1. The fourth-order valence-corrected chi connectivity index (χ4v) is 3.51. The Labute approximate surface area is 186 Å². The molecule has 160 valence electrons. The summed E-state index contributed by atoms with van der Waals surface area (Å²) in [6.45, 7) is 0.351. The minimum atomic E-state index is -0.510. The first-order chi connectivity index (χ1) is 15.7. The lowest BCUT2D eigenvalue weighted by Gasteiger charge is -2.12. The number of hydrogen-bond acceptors (Lipinski definition) is 4. The Morgan fingerprint density at radius 2 is 1.75 bits per heavy atom. The molecule has 2 aromatic carbocycles. The van der Waals surface area contributed by atoms with Gasteiger partial charge in [0.1, 0.15) is 18.1 Å². The standard InChI is InChI=1S/C27H23FN2O2/c28-27-17-22(13-15-30-27)26-6-2-1-5-23(26)19-32-25-11-8-20(9-12-25)16-24(31)10-7-21-4-3-14-29-18-21/h1-6,8-9,11-15,17-18H,7,10,16,19H2. The van der Waals surface area contributed by atoms with Crippen molar-refractivity contribution in [3.05, 3.63) is 114 Å². The maximum absolute atomic E-state index is 13.5. The van der Waals surface area contributed by atoms with E-state index < -0.39 is 5.95 Å². The lowest BCUT2D eigenvalue weighted by Crippen LogP contribution is -2.04. The number of rotatable bonds is 9.